The maximum Gasteiger partial charge on any atom is 0.308 e. The number of hydrogen-bond donors (Lipinski definition) is 1. The van der Waals surface area contributed by atoms with Crippen LogP contribution in [0.1, 0.15) is 19.4 Å². The van der Waals surface area contributed by atoms with Crippen molar-refractivity contribution in [3.63, 3.8) is 0 Å². The van der Waals surface area contributed by atoms with Gasteiger partial charge in [-0.05, 0) is 77.2 Å². The summed E-state index contributed by atoms with van der Waals surface area (Å²) < 4.78 is 11.6. The number of carbonyl (C=O) groups is 2. The molecule has 2 aromatic carbocycles. The minimum atomic E-state index is -0.419. The maximum atomic E-state index is 12.3. The van der Waals surface area contributed by atoms with E-state index in [0.29, 0.717) is 31.7 Å². The summed E-state index contributed by atoms with van der Waals surface area (Å²) in [6.07, 6.45) is 1.76. The van der Waals surface area contributed by atoms with Gasteiger partial charge in [-0.3, -0.25) is 9.59 Å². The average Bonchev–Trinajstić information content (AvgIpc) is 2.98. The lowest BCUT2D eigenvalue weighted by Crippen LogP contribution is -2.19. The molecule has 0 unspecified atom stereocenters. The van der Waals surface area contributed by atoms with Crippen LogP contribution < -0.4 is 14.8 Å². The van der Waals surface area contributed by atoms with Crippen molar-refractivity contribution < 1.29 is 19.1 Å². The van der Waals surface area contributed by atoms with Gasteiger partial charge in [0, 0.05) is 6.92 Å². The van der Waals surface area contributed by atoms with Crippen LogP contribution in [0.3, 0.4) is 0 Å². The van der Waals surface area contributed by atoms with Crippen molar-refractivity contribution in [3.8, 4) is 11.5 Å². The van der Waals surface area contributed by atoms with Crippen LogP contribution in [0.5, 0.6) is 11.5 Å². The van der Waals surface area contributed by atoms with Gasteiger partial charge in [-0.2, -0.15) is 0 Å². The molecule has 1 saturated heterocycles. The number of ether oxygens (including phenoxy) is 2. The van der Waals surface area contributed by atoms with Crippen molar-refractivity contribution in [1.29, 1.82) is 0 Å². The quantitative estimate of drug-likeness (QED) is 0.279. The number of amidine groups is 1. The smallest absolute Gasteiger partial charge is 0.308 e. The molecule has 0 aliphatic carbocycles. The summed E-state index contributed by atoms with van der Waals surface area (Å²) in [4.78, 5) is 28.6. The van der Waals surface area contributed by atoms with Crippen molar-refractivity contribution in [3.05, 3.63) is 56.5 Å². The first-order chi connectivity index (χ1) is 13.5. The summed E-state index contributed by atoms with van der Waals surface area (Å²) in [5.74, 6) is 0.208. The molecule has 1 aliphatic heterocycles. The minimum absolute atomic E-state index is 0.211. The highest BCUT2D eigenvalue weighted by atomic mass is 127. The van der Waals surface area contributed by atoms with E-state index in [1.807, 2.05) is 43.3 Å². The van der Waals surface area contributed by atoms with Crippen LogP contribution in [-0.4, -0.2) is 23.7 Å². The van der Waals surface area contributed by atoms with Crippen molar-refractivity contribution in [2.75, 3.05) is 6.61 Å². The number of nitrogens with one attached hydrogen (secondary N) is 1. The Labute approximate surface area is 180 Å². The van der Waals surface area contributed by atoms with E-state index in [1.54, 1.807) is 12.1 Å². The number of carbonyl (C=O) groups excluding carboxylic acids is 2. The fourth-order valence-corrected chi connectivity index (χ4v) is 4.01. The molecule has 6 nitrogen and oxygen atoms in total. The lowest BCUT2D eigenvalue weighted by Gasteiger charge is -2.12. The molecule has 0 spiro atoms. The molecule has 1 amide bonds. The van der Waals surface area contributed by atoms with Gasteiger partial charge in [-0.1, -0.05) is 18.2 Å². The standard InChI is InChI=1S/C20H17IN2O4S/c1-3-26-16-10-13(9-15(21)18(16)27-12(2)24)11-17-19(25)23-20(28-17)22-14-7-5-4-6-8-14/h4-11H,3H2,1-2H3,(H,22,23,25)/b17-11-. The third kappa shape index (κ3) is 5.14. The zero-order chi connectivity index (χ0) is 20.1. The Bertz CT molecular complexity index is 974. The molecule has 0 atom stereocenters. The Balaban J connectivity index is 1.89. The van der Waals surface area contributed by atoms with E-state index in [4.69, 9.17) is 9.47 Å². The molecule has 1 fully saturated rings. The highest BCUT2D eigenvalue weighted by Crippen LogP contribution is 2.36. The number of para-hydroxylation sites is 1. The summed E-state index contributed by atoms with van der Waals surface area (Å²) in [5.41, 5.74) is 1.54. The van der Waals surface area contributed by atoms with Gasteiger partial charge in [0.05, 0.1) is 20.8 Å². The van der Waals surface area contributed by atoms with E-state index >= 15 is 0 Å². The van der Waals surface area contributed by atoms with Gasteiger partial charge in [0.15, 0.2) is 16.7 Å². The van der Waals surface area contributed by atoms with E-state index in [9.17, 15) is 9.59 Å². The second kappa shape index (κ2) is 9.24. The summed E-state index contributed by atoms with van der Waals surface area (Å²) >= 11 is 3.35. The van der Waals surface area contributed by atoms with E-state index in [-0.39, 0.29) is 5.91 Å². The third-order valence-electron chi connectivity index (χ3n) is 3.51. The first-order valence-electron chi connectivity index (χ1n) is 8.45. The molecule has 144 valence electrons. The summed E-state index contributed by atoms with van der Waals surface area (Å²) in [6.45, 7) is 3.62. The molecule has 1 aliphatic rings. The molecule has 28 heavy (non-hydrogen) atoms. The number of aliphatic imine (C=N–C) groups is 1. The SMILES string of the molecule is CCOc1cc(/C=C2\SC(=Nc3ccccc3)NC2=O)cc(I)c1OC(C)=O. The highest BCUT2D eigenvalue weighted by molar-refractivity contribution is 14.1. The van der Waals surface area contributed by atoms with Gasteiger partial charge < -0.3 is 14.8 Å². The number of thioether (sulfide) groups is 1. The number of amides is 1. The van der Waals surface area contributed by atoms with Gasteiger partial charge in [-0.15, -0.1) is 0 Å². The van der Waals surface area contributed by atoms with Crippen molar-refractivity contribution in [2.24, 2.45) is 4.99 Å². The predicted molar refractivity (Wildman–Crippen MR) is 119 cm³/mol. The second-order valence-electron chi connectivity index (χ2n) is 5.67. The normalized spacial score (nSPS) is 16.3. The lowest BCUT2D eigenvalue weighted by molar-refractivity contribution is -0.132. The number of esters is 1. The Kier molecular flexibility index (Phi) is 6.74. The van der Waals surface area contributed by atoms with Gasteiger partial charge in [0.1, 0.15) is 0 Å². The molecule has 0 radical (unpaired) electrons. The predicted octanol–water partition coefficient (Wildman–Crippen LogP) is 4.51. The summed E-state index contributed by atoms with van der Waals surface area (Å²) in [7, 11) is 0. The molecule has 0 saturated carbocycles. The lowest BCUT2D eigenvalue weighted by atomic mass is 10.2. The topological polar surface area (TPSA) is 77.0 Å². The van der Waals surface area contributed by atoms with Crippen molar-refractivity contribution >= 4 is 63.2 Å². The fraction of sp³-hybridized carbons (Fsp3) is 0.150. The van der Waals surface area contributed by atoms with Crippen LogP contribution in [0.4, 0.5) is 5.69 Å². The van der Waals surface area contributed by atoms with E-state index in [2.05, 4.69) is 32.9 Å². The Hall–Kier alpha value is -2.33. The molecule has 0 bridgehead atoms. The largest absolute Gasteiger partial charge is 0.490 e. The second-order valence-corrected chi connectivity index (χ2v) is 7.87. The molecule has 2 aromatic rings. The molecular formula is C20H17IN2O4S. The number of benzene rings is 2. The zero-order valence-corrected chi connectivity index (χ0v) is 18.2. The summed E-state index contributed by atoms with van der Waals surface area (Å²) in [6, 6.07) is 13.0. The first kappa shape index (κ1) is 20.4. The molecular weight excluding hydrogens is 491 g/mol. The molecule has 1 heterocycles. The van der Waals surface area contributed by atoms with Crippen molar-refractivity contribution in [1.82, 2.24) is 5.32 Å². The maximum absolute atomic E-state index is 12.3. The number of halogens is 1. The van der Waals surface area contributed by atoms with E-state index in [1.165, 1.54) is 18.7 Å². The molecule has 3 rings (SSSR count). The molecule has 8 heteroatoms. The van der Waals surface area contributed by atoms with Crippen LogP contribution in [0, 0.1) is 3.57 Å². The van der Waals surface area contributed by atoms with Gasteiger partial charge in [0.2, 0.25) is 0 Å². The van der Waals surface area contributed by atoms with Crippen LogP contribution in [0.25, 0.3) is 6.08 Å². The van der Waals surface area contributed by atoms with Crippen LogP contribution >= 0.6 is 34.4 Å². The Morgan fingerprint density at radius 2 is 2.04 bits per heavy atom. The average molecular weight is 508 g/mol. The number of rotatable bonds is 5. The number of nitrogens with zero attached hydrogens (tertiary/aromatic N) is 1. The van der Waals surface area contributed by atoms with E-state index in [0.717, 1.165) is 11.3 Å². The highest BCUT2D eigenvalue weighted by Gasteiger charge is 2.24. The molecule has 1 N–H and O–H groups in total. The molecule has 0 aromatic heterocycles. The van der Waals surface area contributed by atoms with Gasteiger partial charge in [0.25, 0.3) is 5.91 Å². The Morgan fingerprint density at radius 3 is 2.71 bits per heavy atom. The Morgan fingerprint density at radius 1 is 1.29 bits per heavy atom. The zero-order valence-electron chi connectivity index (χ0n) is 15.2. The fourth-order valence-electron chi connectivity index (χ4n) is 2.43. The van der Waals surface area contributed by atoms with Crippen molar-refractivity contribution in [2.45, 2.75) is 13.8 Å². The number of hydrogen-bond acceptors (Lipinski definition) is 6. The van der Waals surface area contributed by atoms with E-state index < -0.39 is 5.97 Å². The first-order valence-corrected chi connectivity index (χ1v) is 10.3. The van der Waals surface area contributed by atoms with Gasteiger partial charge >= 0.3 is 5.97 Å². The third-order valence-corrected chi connectivity index (χ3v) is 5.22. The summed E-state index contributed by atoms with van der Waals surface area (Å²) in [5, 5.41) is 3.29. The van der Waals surface area contributed by atoms with Crippen LogP contribution in [0.15, 0.2) is 52.4 Å². The monoisotopic (exact) mass is 508 g/mol. The van der Waals surface area contributed by atoms with Crippen LogP contribution in [-0.2, 0) is 9.59 Å². The van der Waals surface area contributed by atoms with Gasteiger partial charge in [-0.25, -0.2) is 4.99 Å². The minimum Gasteiger partial charge on any atom is -0.490 e. The van der Waals surface area contributed by atoms with Crippen LogP contribution in [0.2, 0.25) is 0 Å².